The molecule has 0 unspecified atom stereocenters. The van der Waals surface area contributed by atoms with Gasteiger partial charge in [-0.05, 0) is 63.9 Å². The predicted molar refractivity (Wildman–Crippen MR) is 108 cm³/mol. The van der Waals surface area contributed by atoms with Gasteiger partial charge < -0.3 is 0 Å². The highest BCUT2D eigenvalue weighted by molar-refractivity contribution is 9.71. The quantitative estimate of drug-likeness (QED) is 0.413. The Morgan fingerprint density at radius 3 is 1.23 bits per heavy atom. The largest absolute Gasteiger partial charge is 0.294 e. The van der Waals surface area contributed by atoms with Gasteiger partial charge in [-0.2, -0.15) is 0 Å². The lowest BCUT2D eigenvalue weighted by Crippen LogP contribution is -2.31. The standard InChI is InChI=1S/C18H29Br2OP/c1-16(2,3)12-10-13(17(4,5)6)15(22(19,20)21)14(11-12)18(7,8)9/h10-11H,1-9H3. The van der Waals surface area contributed by atoms with Gasteiger partial charge in [-0.3, -0.25) is 4.57 Å². The number of hydrogen-bond acceptors (Lipinski definition) is 1. The first-order chi connectivity index (χ1) is 9.45. The van der Waals surface area contributed by atoms with E-state index < -0.39 is 4.55 Å². The molecule has 126 valence electrons. The molecule has 1 aromatic carbocycles. The molecule has 0 N–H and O–H groups in total. The fourth-order valence-electron chi connectivity index (χ4n) is 2.49. The van der Waals surface area contributed by atoms with Crippen molar-refractivity contribution in [3.8, 4) is 0 Å². The Morgan fingerprint density at radius 1 is 0.727 bits per heavy atom. The van der Waals surface area contributed by atoms with Crippen molar-refractivity contribution in [2.24, 2.45) is 0 Å². The van der Waals surface area contributed by atoms with Crippen molar-refractivity contribution in [3.63, 3.8) is 0 Å². The number of hydrogen-bond donors (Lipinski definition) is 0. The van der Waals surface area contributed by atoms with E-state index in [0.29, 0.717) is 0 Å². The molecule has 0 atom stereocenters. The van der Waals surface area contributed by atoms with Crippen LogP contribution in [-0.4, -0.2) is 0 Å². The zero-order valence-corrected chi connectivity index (χ0v) is 19.3. The highest BCUT2D eigenvalue weighted by Gasteiger charge is 2.35. The molecular formula is C18H29Br2OP. The minimum Gasteiger partial charge on any atom is -0.294 e. The monoisotopic (exact) mass is 450 g/mol. The van der Waals surface area contributed by atoms with Gasteiger partial charge in [0.05, 0.1) is 0 Å². The molecule has 1 nitrogen and oxygen atoms in total. The van der Waals surface area contributed by atoms with Gasteiger partial charge in [0.15, 0.2) is 0 Å². The van der Waals surface area contributed by atoms with Crippen molar-refractivity contribution in [1.29, 1.82) is 0 Å². The number of benzene rings is 1. The summed E-state index contributed by atoms with van der Waals surface area (Å²) in [6.07, 6.45) is 0. The van der Waals surface area contributed by atoms with Crippen LogP contribution in [0.4, 0.5) is 0 Å². The first kappa shape index (κ1) is 20.5. The molecule has 0 saturated carbocycles. The van der Waals surface area contributed by atoms with Crippen molar-refractivity contribution in [2.45, 2.75) is 78.6 Å². The fourth-order valence-corrected chi connectivity index (χ4v) is 6.14. The van der Waals surface area contributed by atoms with Gasteiger partial charge in [-0.1, -0.05) is 74.4 Å². The van der Waals surface area contributed by atoms with Gasteiger partial charge >= 0.3 is 0 Å². The Hall–Kier alpha value is 0.410. The molecular weight excluding hydrogens is 423 g/mol. The lowest BCUT2D eigenvalue weighted by Gasteiger charge is -2.33. The predicted octanol–water partition coefficient (Wildman–Crippen LogP) is 7.19. The maximum atomic E-state index is 12.9. The molecule has 0 aromatic heterocycles. The zero-order valence-electron chi connectivity index (χ0n) is 15.3. The third-order valence-corrected chi connectivity index (χ3v) is 6.98. The molecule has 22 heavy (non-hydrogen) atoms. The van der Waals surface area contributed by atoms with Gasteiger partial charge in [0.25, 0.3) is 0 Å². The number of halogens is 2. The van der Waals surface area contributed by atoms with Gasteiger partial charge in [-0.15, -0.1) is 0 Å². The highest BCUT2D eigenvalue weighted by Crippen LogP contribution is 2.63. The van der Waals surface area contributed by atoms with E-state index in [2.05, 4.69) is 105 Å². The molecule has 0 saturated heterocycles. The maximum absolute atomic E-state index is 12.9. The third-order valence-electron chi connectivity index (χ3n) is 3.85. The van der Waals surface area contributed by atoms with Crippen LogP contribution in [0.15, 0.2) is 12.1 Å². The van der Waals surface area contributed by atoms with Crippen molar-refractivity contribution < 1.29 is 4.57 Å². The molecule has 0 heterocycles. The maximum Gasteiger partial charge on any atom is 0.236 e. The van der Waals surface area contributed by atoms with Crippen molar-refractivity contribution in [1.82, 2.24) is 0 Å². The Labute approximate surface area is 152 Å². The van der Waals surface area contributed by atoms with Crippen molar-refractivity contribution >= 4 is 40.8 Å². The summed E-state index contributed by atoms with van der Waals surface area (Å²) in [5.74, 6) is 0. The topological polar surface area (TPSA) is 17.1 Å². The normalized spacial score (nSPS) is 14.3. The summed E-state index contributed by atoms with van der Waals surface area (Å²) < 4.78 is 10.2. The molecule has 0 radical (unpaired) electrons. The molecule has 4 heteroatoms. The van der Waals surface area contributed by atoms with E-state index in [4.69, 9.17) is 0 Å². The van der Waals surface area contributed by atoms with E-state index in [9.17, 15) is 4.57 Å². The van der Waals surface area contributed by atoms with Gasteiger partial charge in [0.2, 0.25) is 4.55 Å². The van der Waals surface area contributed by atoms with Crippen LogP contribution in [0.1, 0.15) is 79.0 Å². The summed E-state index contributed by atoms with van der Waals surface area (Å²) in [7, 11) is 0. The summed E-state index contributed by atoms with van der Waals surface area (Å²) in [4.78, 5) is 0. The lowest BCUT2D eigenvalue weighted by atomic mass is 9.75. The van der Waals surface area contributed by atoms with Crippen LogP contribution < -0.4 is 5.30 Å². The average Bonchev–Trinajstić information content (AvgIpc) is 2.22. The summed E-state index contributed by atoms with van der Waals surface area (Å²) in [5, 5.41) is 0.931. The Balaban J connectivity index is 4.00. The van der Waals surface area contributed by atoms with Crippen LogP contribution in [0.5, 0.6) is 0 Å². The second kappa shape index (κ2) is 6.05. The summed E-state index contributed by atoms with van der Waals surface area (Å²) in [6, 6.07) is 4.47. The number of rotatable bonds is 1. The molecule has 0 aliphatic heterocycles. The molecule has 0 aliphatic carbocycles. The van der Waals surface area contributed by atoms with Crippen LogP contribution in [0.2, 0.25) is 0 Å². The van der Waals surface area contributed by atoms with E-state index >= 15 is 0 Å². The molecule has 0 amide bonds. The molecule has 0 bridgehead atoms. The minimum atomic E-state index is -2.73. The molecule has 0 fully saturated rings. The lowest BCUT2D eigenvalue weighted by molar-refractivity contribution is 0.551. The second-order valence-electron chi connectivity index (χ2n) is 9.13. The molecule has 0 spiro atoms. The average molecular weight is 452 g/mol. The van der Waals surface area contributed by atoms with Gasteiger partial charge in [0.1, 0.15) is 0 Å². The van der Waals surface area contributed by atoms with E-state index in [1.807, 2.05) is 0 Å². The summed E-state index contributed by atoms with van der Waals surface area (Å²) in [5.41, 5.74) is 3.51. The Bertz CT molecular complexity index is 572. The summed E-state index contributed by atoms with van der Waals surface area (Å²) >= 11 is 6.84. The second-order valence-corrected chi connectivity index (χ2v) is 19.4. The fraction of sp³-hybridized carbons (Fsp3) is 0.667. The molecule has 0 aliphatic rings. The van der Waals surface area contributed by atoms with Gasteiger partial charge in [0, 0.05) is 5.30 Å². The van der Waals surface area contributed by atoms with Gasteiger partial charge in [-0.25, -0.2) is 0 Å². The zero-order chi connectivity index (χ0) is 17.7. The van der Waals surface area contributed by atoms with E-state index in [0.717, 1.165) is 16.4 Å². The van der Waals surface area contributed by atoms with Crippen molar-refractivity contribution in [2.75, 3.05) is 0 Å². The minimum absolute atomic E-state index is 0.0567. The van der Waals surface area contributed by atoms with E-state index in [1.165, 1.54) is 5.56 Å². The van der Waals surface area contributed by atoms with Crippen LogP contribution in [-0.2, 0) is 20.8 Å². The summed E-state index contributed by atoms with van der Waals surface area (Å²) in [6.45, 7) is 19.8. The van der Waals surface area contributed by atoms with Crippen LogP contribution in [0.25, 0.3) is 0 Å². The van der Waals surface area contributed by atoms with E-state index in [-0.39, 0.29) is 16.2 Å². The highest BCUT2D eigenvalue weighted by atomic mass is 79.9. The van der Waals surface area contributed by atoms with Crippen LogP contribution in [0, 0.1) is 0 Å². The first-order valence-corrected chi connectivity index (χ1v) is 13.4. The first-order valence-electron chi connectivity index (χ1n) is 7.65. The Kier molecular flexibility index (Phi) is 5.62. The Morgan fingerprint density at radius 2 is 1.05 bits per heavy atom. The molecule has 1 rings (SSSR count). The smallest absolute Gasteiger partial charge is 0.236 e. The van der Waals surface area contributed by atoms with Crippen LogP contribution in [0.3, 0.4) is 0 Å². The third kappa shape index (κ3) is 4.71. The van der Waals surface area contributed by atoms with E-state index in [1.54, 1.807) is 0 Å². The SMILES string of the molecule is CC(C)(C)c1cc(C(C)(C)C)c(P(=O)(Br)Br)c(C(C)(C)C)c1. The van der Waals surface area contributed by atoms with Crippen LogP contribution >= 0.6 is 35.5 Å². The van der Waals surface area contributed by atoms with Crippen molar-refractivity contribution in [3.05, 3.63) is 28.8 Å². The molecule has 1 aromatic rings.